The van der Waals surface area contributed by atoms with Gasteiger partial charge >= 0.3 is 0 Å². The third-order valence-electron chi connectivity index (χ3n) is 6.39. The lowest BCUT2D eigenvalue weighted by Crippen LogP contribution is -2.39. The van der Waals surface area contributed by atoms with Crippen LogP contribution in [0.3, 0.4) is 0 Å². The lowest BCUT2D eigenvalue weighted by molar-refractivity contribution is 0.0943. The van der Waals surface area contributed by atoms with E-state index < -0.39 is 10.0 Å². The van der Waals surface area contributed by atoms with Gasteiger partial charge in [-0.25, -0.2) is 8.42 Å². The lowest BCUT2D eigenvalue weighted by atomic mass is 9.79. The summed E-state index contributed by atoms with van der Waals surface area (Å²) in [5.41, 5.74) is 3.49. The van der Waals surface area contributed by atoms with Crippen LogP contribution in [0.1, 0.15) is 54.1 Å². The van der Waals surface area contributed by atoms with Gasteiger partial charge in [0, 0.05) is 23.6 Å². The van der Waals surface area contributed by atoms with E-state index in [1.807, 2.05) is 19.1 Å². The Kier molecular flexibility index (Phi) is 5.15. The van der Waals surface area contributed by atoms with Gasteiger partial charge in [-0.3, -0.25) is 9.10 Å². The summed E-state index contributed by atoms with van der Waals surface area (Å²) in [7, 11) is -3.33. The van der Waals surface area contributed by atoms with Crippen molar-refractivity contribution < 1.29 is 13.2 Å². The van der Waals surface area contributed by atoms with Crippen LogP contribution in [0.2, 0.25) is 0 Å². The van der Waals surface area contributed by atoms with Gasteiger partial charge in [-0.2, -0.15) is 0 Å². The van der Waals surface area contributed by atoms with Gasteiger partial charge in [-0.05, 0) is 55.5 Å². The molecule has 0 radical (unpaired) electrons. The Morgan fingerprint density at radius 3 is 2.48 bits per heavy atom. The Morgan fingerprint density at radius 1 is 1.14 bits per heavy atom. The number of fused-ring (bicyclic) bond motifs is 1. The molecule has 0 spiro atoms. The average Bonchev–Trinajstić information content (AvgIpc) is 3.30. The molecule has 1 aliphatic heterocycles. The highest BCUT2D eigenvalue weighted by Crippen LogP contribution is 2.40. The maximum atomic E-state index is 12.9. The van der Waals surface area contributed by atoms with Crippen LogP contribution in [0, 0.1) is 0 Å². The van der Waals surface area contributed by atoms with Gasteiger partial charge in [-0.1, -0.05) is 43.2 Å². The first-order valence-corrected chi connectivity index (χ1v) is 12.1. The number of amides is 1. The molecule has 1 amide bonds. The van der Waals surface area contributed by atoms with Crippen LogP contribution in [0.15, 0.2) is 48.5 Å². The van der Waals surface area contributed by atoms with Gasteiger partial charge in [0.1, 0.15) is 0 Å². The van der Waals surface area contributed by atoms with Crippen LogP contribution in [0.5, 0.6) is 0 Å². The zero-order chi connectivity index (χ0) is 20.6. The van der Waals surface area contributed by atoms with Crippen LogP contribution >= 0.6 is 0 Å². The van der Waals surface area contributed by atoms with Gasteiger partial charge in [0.05, 0.1) is 11.9 Å². The van der Waals surface area contributed by atoms with Crippen molar-refractivity contribution >= 4 is 21.6 Å². The first-order chi connectivity index (χ1) is 13.8. The lowest BCUT2D eigenvalue weighted by Gasteiger charge is -2.30. The maximum absolute atomic E-state index is 12.9. The zero-order valence-electron chi connectivity index (χ0n) is 17.0. The van der Waals surface area contributed by atoms with Crippen molar-refractivity contribution in [1.82, 2.24) is 5.32 Å². The molecule has 1 unspecified atom stereocenters. The molecule has 2 aromatic carbocycles. The molecule has 29 heavy (non-hydrogen) atoms. The summed E-state index contributed by atoms with van der Waals surface area (Å²) in [6.07, 6.45) is 6.39. The quantitative estimate of drug-likeness (QED) is 0.815. The summed E-state index contributed by atoms with van der Waals surface area (Å²) in [5.74, 6) is -0.0968. The molecular formula is C23H28N2O3S. The Morgan fingerprint density at radius 2 is 1.83 bits per heavy atom. The fraction of sp³-hybridized carbons (Fsp3) is 0.435. The number of carbonyl (C=O) groups is 1. The first-order valence-electron chi connectivity index (χ1n) is 10.3. The standard InChI is InChI=1S/C23H28N2O3S/c1-17-14-19-15-18(10-11-21(19)25(17)29(2,27)28)22(26)24-16-23(12-6-7-13-23)20-8-4-3-5-9-20/h3-5,8-11,15,17H,6-7,12-14,16H2,1-2H3,(H,24,26). The zero-order valence-corrected chi connectivity index (χ0v) is 17.8. The molecule has 1 fully saturated rings. The van der Waals surface area contributed by atoms with Crippen LogP contribution in [0.4, 0.5) is 5.69 Å². The number of hydrogen-bond acceptors (Lipinski definition) is 3. The van der Waals surface area contributed by atoms with Crippen molar-refractivity contribution in [2.45, 2.75) is 50.5 Å². The first kappa shape index (κ1) is 20.0. The number of nitrogens with one attached hydrogen (secondary N) is 1. The van der Waals surface area contributed by atoms with Gasteiger partial charge in [0.25, 0.3) is 5.91 Å². The number of anilines is 1. The Hall–Kier alpha value is -2.34. The van der Waals surface area contributed by atoms with E-state index in [2.05, 4.69) is 29.6 Å². The second-order valence-electron chi connectivity index (χ2n) is 8.49. The molecule has 0 saturated heterocycles. The molecule has 2 aliphatic rings. The molecule has 1 aliphatic carbocycles. The number of sulfonamides is 1. The molecule has 6 heteroatoms. The smallest absolute Gasteiger partial charge is 0.251 e. The maximum Gasteiger partial charge on any atom is 0.251 e. The fourth-order valence-corrected chi connectivity index (χ4v) is 6.28. The third-order valence-corrected chi connectivity index (χ3v) is 7.66. The molecule has 0 aromatic heterocycles. The molecule has 154 valence electrons. The Bertz CT molecular complexity index is 1010. The monoisotopic (exact) mass is 412 g/mol. The molecule has 4 rings (SSSR count). The number of rotatable bonds is 5. The topological polar surface area (TPSA) is 66.5 Å². The van der Waals surface area contributed by atoms with Gasteiger partial charge in [-0.15, -0.1) is 0 Å². The van der Waals surface area contributed by atoms with Gasteiger partial charge < -0.3 is 5.32 Å². The van der Waals surface area contributed by atoms with Crippen LogP contribution in [-0.2, 0) is 21.9 Å². The van der Waals surface area contributed by atoms with Crippen LogP contribution in [0.25, 0.3) is 0 Å². The van der Waals surface area contributed by atoms with E-state index in [0.717, 1.165) is 18.4 Å². The van der Waals surface area contributed by atoms with Crippen LogP contribution < -0.4 is 9.62 Å². The molecule has 5 nitrogen and oxygen atoms in total. The summed E-state index contributed by atoms with van der Waals surface area (Å²) < 4.78 is 25.6. The van der Waals surface area contributed by atoms with Crippen molar-refractivity contribution in [2.75, 3.05) is 17.1 Å². The molecule has 2 aromatic rings. The van der Waals surface area contributed by atoms with Gasteiger partial charge in [0.2, 0.25) is 10.0 Å². The summed E-state index contributed by atoms with van der Waals surface area (Å²) in [5, 5.41) is 3.15. The number of carbonyl (C=O) groups excluding carboxylic acids is 1. The van der Waals surface area contributed by atoms with Gasteiger partial charge in [0.15, 0.2) is 0 Å². The van der Waals surface area contributed by atoms with E-state index in [9.17, 15) is 13.2 Å². The van der Waals surface area contributed by atoms with E-state index in [1.165, 1.54) is 29.0 Å². The molecule has 1 saturated carbocycles. The molecule has 1 N–H and O–H groups in total. The van der Waals surface area contributed by atoms with E-state index in [1.54, 1.807) is 12.1 Å². The highest BCUT2D eigenvalue weighted by molar-refractivity contribution is 7.92. The molecule has 0 bridgehead atoms. The second-order valence-corrected chi connectivity index (χ2v) is 10.4. The normalized spacial score (nSPS) is 20.5. The minimum Gasteiger partial charge on any atom is -0.351 e. The average molecular weight is 413 g/mol. The van der Waals surface area contributed by atoms with E-state index in [4.69, 9.17) is 0 Å². The SMILES string of the molecule is CC1Cc2cc(C(=O)NCC3(c4ccccc4)CCCC3)ccc2N1S(C)(=O)=O. The largest absolute Gasteiger partial charge is 0.351 e. The Balaban J connectivity index is 1.52. The fourth-order valence-electron chi connectivity index (χ4n) is 5.01. The molecule has 1 atom stereocenters. The van der Waals surface area contributed by atoms with Crippen molar-refractivity contribution in [3.05, 3.63) is 65.2 Å². The summed E-state index contributed by atoms with van der Waals surface area (Å²) >= 11 is 0. The van der Waals surface area contributed by atoms with E-state index in [0.29, 0.717) is 24.2 Å². The number of hydrogen-bond donors (Lipinski definition) is 1. The highest BCUT2D eigenvalue weighted by Gasteiger charge is 2.36. The van der Waals surface area contributed by atoms with Crippen molar-refractivity contribution in [3.63, 3.8) is 0 Å². The summed E-state index contributed by atoms with van der Waals surface area (Å²) in [6, 6.07) is 15.7. The predicted octanol–water partition coefficient (Wildman–Crippen LogP) is 3.64. The summed E-state index contributed by atoms with van der Waals surface area (Å²) in [4.78, 5) is 12.9. The predicted molar refractivity (Wildman–Crippen MR) is 116 cm³/mol. The van der Waals surface area contributed by atoms with Crippen molar-refractivity contribution in [2.24, 2.45) is 0 Å². The van der Waals surface area contributed by atoms with E-state index in [-0.39, 0.29) is 17.4 Å². The third kappa shape index (κ3) is 3.78. The van der Waals surface area contributed by atoms with E-state index >= 15 is 0 Å². The molecule has 1 heterocycles. The molecular weight excluding hydrogens is 384 g/mol. The van der Waals surface area contributed by atoms with Crippen molar-refractivity contribution in [1.29, 1.82) is 0 Å². The number of nitrogens with zero attached hydrogens (tertiary/aromatic N) is 1. The second kappa shape index (κ2) is 7.48. The summed E-state index contributed by atoms with van der Waals surface area (Å²) in [6.45, 7) is 2.52. The number of benzene rings is 2. The minimum absolute atomic E-state index is 0.00918. The van der Waals surface area contributed by atoms with Crippen molar-refractivity contribution in [3.8, 4) is 0 Å². The van der Waals surface area contributed by atoms with Crippen LogP contribution in [-0.4, -0.2) is 33.2 Å². The highest BCUT2D eigenvalue weighted by atomic mass is 32.2. The Labute approximate surface area is 173 Å². The minimum atomic E-state index is -3.33.